The van der Waals surface area contributed by atoms with Gasteiger partial charge in [0.15, 0.2) is 11.2 Å². The van der Waals surface area contributed by atoms with Gasteiger partial charge in [-0.25, -0.2) is 0 Å². The van der Waals surface area contributed by atoms with Crippen molar-refractivity contribution in [3.05, 3.63) is 70.2 Å². The first-order valence-electron chi connectivity index (χ1n) is 8.93. The molecule has 3 rings (SSSR count). The van der Waals surface area contributed by atoms with Gasteiger partial charge < -0.3 is 9.47 Å². The van der Waals surface area contributed by atoms with Gasteiger partial charge in [-0.1, -0.05) is 65.3 Å². The molecule has 2 aromatic carbocycles. The Labute approximate surface area is 172 Å². The number of carbonyl (C=O) groups is 3. The molecule has 1 saturated carbocycles. The van der Waals surface area contributed by atoms with E-state index in [2.05, 4.69) is 15.9 Å². The number of Topliss-reactive ketones (excluding diaryl/α,β-unsaturated/α-hetero) is 1. The van der Waals surface area contributed by atoms with Gasteiger partial charge in [-0.2, -0.15) is 0 Å². The number of hydrogen-bond acceptors (Lipinski definition) is 5. The van der Waals surface area contributed by atoms with E-state index in [0.717, 1.165) is 4.47 Å². The van der Waals surface area contributed by atoms with Crippen LogP contribution in [0.5, 0.6) is 0 Å². The molecule has 1 fully saturated rings. The van der Waals surface area contributed by atoms with E-state index in [9.17, 15) is 14.4 Å². The third-order valence-electron chi connectivity index (χ3n) is 5.76. The number of rotatable bonds is 6. The van der Waals surface area contributed by atoms with Gasteiger partial charge in [0.25, 0.3) is 0 Å². The maximum absolute atomic E-state index is 13.6. The summed E-state index contributed by atoms with van der Waals surface area (Å²) in [5.74, 6) is -2.44. The second kappa shape index (κ2) is 7.51. The third kappa shape index (κ3) is 2.62. The SMILES string of the molecule is CCC1(C(=O)c2ccccc2)C(c2ccc(Br)cc2)C1(C(=O)OC)C(=O)OC. The number of ether oxygens (including phenoxy) is 2. The quantitative estimate of drug-likeness (QED) is 0.380. The van der Waals surface area contributed by atoms with Crippen LogP contribution >= 0.6 is 15.9 Å². The van der Waals surface area contributed by atoms with Gasteiger partial charge in [0.1, 0.15) is 0 Å². The monoisotopic (exact) mass is 444 g/mol. The van der Waals surface area contributed by atoms with E-state index >= 15 is 0 Å². The molecule has 0 radical (unpaired) electrons. The minimum absolute atomic E-state index is 0.265. The highest BCUT2D eigenvalue weighted by Gasteiger charge is 2.88. The Kier molecular flexibility index (Phi) is 5.44. The van der Waals surface area contributed by atoms with Crippen LogP contribution in [-0.2, 0) is 19.1 Å². The molecule has 0 bridgehead atoms. The van der Waals surface area contributed by atoms with E-state index in [1.54, 1.807) is 31.2 Å². The fraction of sp³-hybridized carbons (Fsp3) is 0.318. The zero-order valence-electron chi connectivity index (χ0n) is 15.9. The molecule has 1 aliphatic rings. The summed E-state index contributed by atoms with van der Waals surface area (Å²) in [4.78, 5) is 39.6. The molecule has 0 N–H and O–H groups in total. The molecule has 0 heterocycles. The van der Waals surface area contributed by atoms with E-state index in [0.29, 0.717) is 11.1 Å². The van der Waals surface area contributed by atoms with Crippen LogP contribution in [-0.4, -0.2) is 31.9 Å². The molecular weight excluding hydrogens is 424 g/mol. The van der Waals surface area contributed by atoms with Crippen molar-refractivity contribution in [2.75, 3.05) is 14.2 Å². The Balaban J connectivity index is 2.26. The number of benzene rings is 2. The van der Waals surface area contributed by atoms with Crippen molar-refractivity contribution < 1.29 is 23.9 Å². The predicted octanol–water partition coefficient (Wildman–Crippen LogP) is 4.16. The molecular formula is C22H21BrO5. The molecule has 1 aliphatic carbocycles. The molecule has 0 aliphatic heterocycles. The Morgan fingerprint density at radius 3 is 1.93 bits per heavy atom. The highest BCUT2D eigenvalue weighted by Crippen LogP contribution is 2.77. The van der Waals surface area contributed by atoms with Crippen LogP contribution in [0, 0.1) is 10.8 Å². The van der Waals surface area contributed by atoms with Crippen molar-refractivity contribution in [3.8, 4) is 0 Å². The van der Waals surface area contributed by atoms with Gasteiger partial charge >= 0.3 is 11.9 Å². The zero-order chi connectivity index (χ0) is 20.5. The van der Waals surface area contributed by atoms with Crippen LogP contribution in [0.2, 0.25) is 0 Å². The number of ketones is 1. The van der Waals surface area contributed by atoms with Crippen molar-refractivity contribution in [1.29, 1.82) is 0 Å². The minimum Gasteiger partial charge on any atom is -0.468 e. The Morgan fingerprint density at radius 2 is 1.46 bits per heavy atom. The summed E-state index contributed by atoms with van der Waals surface area (Å²) in [6, 6.07) is 16.0. The van der Waals surface area contributed by atoms with Crippen LogP contribution < -0.4 is 0 Å². The van der Waals surface area contributed by atoms with Crippen LogP contribution in [0.4, 0.5) is 0 Å². The molecule has 6 heteroatoms. The van der Waals surface area contributed by atoms with E-state index in [1.165, 1.54) is 14.2 Å². The topological polar surface area (TPSA) is 69.7 Å². The first-order chi connectivity index (χ1) is 13.4. The number of methoxy groups -OCH3 is 2. The summed E-state index contributed by atoms with van der Waals surface area (Å²) in [7, 11) is 2.44. The standard InChI is InChI=1S/C22H21BrO5/c1-4-21(18(24)15-8-6-5-7-9-15)17(14-10-12-16(23)13-11-14)22(21,19(25)27-2)20(26)28-3/h5-13,17H,4H2,1-3H3. The van der Waals surface area contributed by atoms with Crippen LogP contribution in [0.25, 0.3) is 0 Å². The molecule has 0 amide bonds. The van der Waals surface area contributed by atoms with Crippen LogP contribution in [0.15, 0.2) is 59.1 Å². The zero-order valence-corrected chi connectivity index (χ0v) is 17.5. The first-order valence-corrected chi connectivity index (χ1v) is 9.73. The average molecular weight is 445 g/mol. The Hall–Kier alpha value is -2.47. The fourth-order valence-electron chi connectivity index (χ4n) is 4.53. The molecule has 5 nitrogen and oxygen atoms in total. The van der Waals surface area contributed by atoms with Crippen molar-refractivity contribution >= 4 is 33.7 Å². The summed E-state index contributed by atoms with van der Waals surface area (Å²) in [5, 5.41) is 0. The van der Waals surface area contributed by atoms with Crippen LogP contribution in [0.1, 0.15) is 35.2 Å². The summed E-state index contributed by atoms with van der Waals surface area (Å²) in [5.41, 5.74) is -1.83. The second-order valence-electron chi connectivity index (χ2n) is 6.80. The Bertz CT molecular complexity index is 890. The molecule has 2 unspecified atom stereocenters. The van der Waals surface area contributed by atoms with E-state index < -0.39 is 28.7 Å². The maximum atomic E-state index is 13.6. The lowest BCUT2D eigenvalue weighted by Gasteiger charge is -2.20. The van der Waals surface area contributed by atoms with Gasteiger partial charge in [0.05, 0.1) is 19.6 Å². The molecule has 2 atom stereocenters. The highest BCUT2D eigenvalue weighted by atomic mass is 79.9. The van der Waals surface area contributed by atoms with Gasteiger partial charge in [-0.05, 0) is 24.1 Å². The van der Waals surface area contributed by atoms with Gasteiger partial charge in [-0.15, -0.1) is 0 Å². The summed E-state index contributed by atoms with van der Waals surface area (Å²) in [6.45, 7) is 1.81. The lowest BCUT2D eigenvalue weighted by molar-refractivity contribution is -0.163. The van der Waals surface area contributed by atoms with Crippen LogP contribution in [0.3, 0.4) is 0 Å². The smallest absolute Gasteiger partial charge is 0.324 e. The predicted molar refractivity (Wildman–Crippen MR) is 107 cm³/mol. The third-order valence-corrected chi connectivity index (χ3v) is 6.29. The molecule has 28 heavy (non-hydrogen) atoms. The normalized spacial score (nSPS) is 22.2. The van der Waals surface area contributed by atoms with Crippen molar-refractivity contribution in [3.63, 3.8) is 0 Å². The summed E-state index contributed by atoms with van der Waals surface area (Å²) in [6.07, 6.45) is 0.283. The molecule has 0 saturated heterocycles. The maximum Gasteiger partial charge on any atom is 0.324 e. The number of esters is 2. The molecule has 0 spiro atoms. The lowest BCUT2D eigenvalue weighted by atomic mass is 9.83. The minimum atomic E-state index is -1.72. The van der Waals surface area contributed by atoms with Crippen molar-refractivity contribution in [1.82, 2.24) is 0 Å². The number of halogens is 1. The largest absolute Gasteiger partial charge is 0.468 e. The van der Waals surface area contributed by atoms with Gasteiger partial charge in [0, 0.05) is 16.0 Å². The van der Waals surface area contributed by atoms with E-state index in [1.807, 2.05) is 30.3 Å². The fourth-order valence-corrected chi connectivity index (χ4v) is 4.79. The van der Waals surface area contributed by atoms with E-state index in [-0.39, 0.29) is 12.2 Å². The summed E-state index contributed by atoms with van der Waals surface area (Å²) >= 11 is 3.39. The lowest BCUT2D eigenvalue weighted by Crippen LogP contribution is -2.37. The van der Waals surface area contributed by atoms with Crippen molar-refractivity contribution in [2.45, 2.75) is 19.3 Å². The van der Waals surface area contributed by atoms with Crippen molar-refractivity contribution in [2.24, 2.45) is 10.8 Å². The first kappa shape index (κ1) is 20.3. The second-order valence-corrected chi connectivity index (χ2v) is 7.71. The summed E-state index contributed by atoms with van der Waals surface area (Å²) < 4.78 is 10.9. The van der Waals surface area contributed by atoms with Gasteiger partial charge in [-0.3, -0.25) is 14.4 Å². The molecule has 0 aromatic heterocycles. The Morgan fingerprint density at radius 1 is 0.929 bits per heavy atom. The highest BCUT2D eigenvalue weighted by molar-refractivity contribution is 9.10. The molecule has 2 aromatic rings. The van der Waals surface area contributed by atoms with E-state index in [4.69, 9.17) is 9.47 Å². The molecule has 146 valence electrons. The average Bonchev–Trinajstić information content (AvgIpc) is 3.38. The number of carbonyl (C=O) groups excluding carboxylic acids is 3. The number of hydrogen-bond donors (Lipinski definition) is 0. The van der Waals surface area contributed by atoms with Gasteiger partial charge in [0.2, 0.25) is 0 Å².